The van der Waals surface area contributed by atoms with Gasteiger partial charge in [-0.25, -0.2) is 0 Å². The molecule has 3 aliphatic heterocycles. The highest BCUT2D eigenvalue weighted by Crippen LogP contribution is 2.62. The first-order valence-corrected chi connectivity index (χ1v) is 25.9. The van der Waals surface area contributed by atoms with E-state index >= 15 is 0 Å². The van der Waals surface area contributed by atoms with Crippen LogP contribution >= 0.6 is 11.3 Å². The van der Waals surface area contributed by atoms with Crippen molar-refractivity contribution in [1.82, 2.24) is 0 Å². The van der Waals surface area contributed by atoms with Crippen LogP contribution in [-0.4, -0.2) is 12.3 Å². The summed E-state index contributed by atoms with van der Waals surface area (Å²) in [6, 6.07) is 55.8. The molecular weight excluding hydrogens is 858 g/mol. The molecule has 5 heterocycles. The fraction of sp³-hybridized carbons (Fsp3) is 0.238. The number of nitrogens with zero attached hydrogens (tertiary/aromatic N) is 3. The minimum Gasteiger partial charge on any atom is -0.456 e. The Balaban J connectivity index is 1.10. The molecule has 1 fully saturated rings. The molecule has 0 saturated heterocycles. The van der Waals surface area contributed by atoms with Crippen LogP contribution in [0.15, 0.2) is 150 Å². The molecule has 4 nitrogen and oxygen atoms in total. The normalized spacial score (nSPS) is 19.4. The van der Waals surface area contributed by atoms with Crippen molar-refractivity contribution in [2.75, 3.05) is 14.7 Å². The van der Waals surface area contributed by atoms with E-state index in [9.17, 15) is 0 Å². The molecule has 4 aliphatic rings. The Bertz CT molecular complexity index is 3850. The van der Waals surface area contributed by atoms with Gasteiger partial charge in [0.05, 0.1) is 27.0 Å². The van der Waals surface area contributed by atoms with Gasteiger partial charge in [0.15, 0.2) is 0 Å². The van der Waals surface area contributed by atoms with Gasteiger partial charge in [-0.15, -0.1) is 11.3 Å². The molecule has 69 heavy (non-hydrogen) atoms. The average Bonchev–Trinajstić information content (AvgIpc) is 3.97. The van der Waals surface area contributed by atoms with Crippen LogP contribution in [0.25, 0.3) is 42.1 Å². The van der Waals surface area contributed by atoms with Gasteiger partial charge in [-0.1, -0.05) is 119 Å². The first kappa shape index (κ1) is 41.2. The molecule has 6 heteroatoms. The number of fused-ring (bicyclic) bond motifs is 13. The Labute approximate surface area is 409 Å². The van der Waals surface area contributed by atoms with Crippen LogP contribution in [-0.2, 0) is 10.8 Å². The molecule has 338 valence electrons. The molecule has 0 amide bonds. The lowest BCUT2D eigenvalue weighted by Gasteiger charge is -2.51. The van der Waals surface area contributed by atoms with E-state index in [1.165, 1.54) is 118 Å². The fourth-order valence-corrected chi connectivity index (χ4v) is 15.1. The smallest absolute Gasteiger partial charge is 0.252 e. The molecule has 1 saturated carbocycles. The topological polar surface area (TPSA) is 22.9 Å². The zero-order valence-electron chi connectivity index (χ0n) is 40.9. The number of benzene rings is 8. The molecule has 2 aromatic heterocycles. The second kappa shape index (κ2) is 14.2. The number of hydrogen-bond acceptors (Lipinski definition) is 5. The van der Waals surface area contributed by atoms with Gasteiger partial charge < -0.3 is 19.1 Å². The summed E-state index contributed by atoms with van der Waals surface area (Å²) in [4.78, 5) is 8.04. The van der Waals surface area contributed by atoms with Crippen molar-refractivity contribution < 1.29 is 4.42 Å². The van der Waals surface area contributed by atoms with Crippen LogP contribution in [0.1, 0.15) is 88.1 Å². The van der Waals surface area contributed by atoms with E-state index in [-0.39, 0.29) is 23.1 Å². The monoisotopic (exact) mass is 913 g/mol. The molecule has 8 aromatic carbocycles. The number of para-hydroxylation sites is 1. The zero-order valence-corrected chi connectivity index (χ0v) is 41.7. The lowest BCUT2D eigenvalue weighted by molar-refractivity contribution is 0.194. The van der Waals surface area contributed by atoms with Crippen LogP contribution in [0.3, 0.4) is 0 Å². The molecule has 1 aliphatic carbocycles. The second-order valence-electron chi connectivity index (χ2n) is 22.2. The maximum Gasteiger partial charge on any atom is 0.252 e. The summed E-state index contributed by atoms with van der Waals surface area (Å²) in [6.07, 6.45) is 4.86. The van der Waals surface area contributed by atoms with E-state index in [0.717, 1.165) is 34.0 Å². The number of hydrogen-bond donors (Lipinski definition) is 0. The molecule has 0 N–H and O–H groups in total. The highest BCUT2D eigenvalue weighted by molar-refractivity contribution is 7.26. The van der Waals surface area contributed by atoms with Crippen molar-refractivity contribution >= 4 is 122 Å². The summed E-state index contributed by atoms with van der Waals surface area (Å²) in [5.41, 5.74) is 22.5. The van der Waals surface area contributed by atoms with E-state index in [1.807, 2.05) is 11.3 Å². The lowest BCUT2D eigenvalue weighted by Crippen LogP contribution is -2.61. The van der Waals surface area contributed by atoms with Gasteiger partial charge in [-0.3, -0.25) is 0 Å². The largest absolute Gasteiger partial charge is 0.456 e. The first-order chi connectivity index (χ1) is 33.3. The number of rotatable bonds is 3. The molecule has 0 radical (unpaired) electrons. The summed E-state index contributed by atoms with van der Waals surface area (Å²) in [6.45, 7) is 19.1. The molecule has 2 unspecified atom stereocenters. The van der Waals surface area contributed by atoms with Crippen molar-refractivity contribution in [3.63, 3.8) is 0 Å². The van der Waals surface area contributed by atoms with E-state index in [4.69, 9.17) is 4.42 Å². The predicted octanol–water partition coefficient (Wildman–Crippen LogP) is 16.0. The van der Waals surface area contributed by atoms with Gasteiger partial charge in [0.25, 0.3) is 6.71 Å². The minimum absolute atomic E-state index is 0.0164. The van der Waals surface area contributed by atoms with Gasteiger partial charge in [-0.2, -0.15) is 0 Å². The summed E-state index contributed by atoms with van der Waals surface area (Å²) in [5.74, 6) is 0. The lowest BCUT2D eigenvalue weighted by atomic mass is 9.33. The molecule has 14 rings (SSSR count). The van der Waals surface area contributed by atoms with E-state index in [2.05, 4.69) is 216 Å². The van der Waals surface area contributed by atoms with Gasteiger partial charge in [0, 0.05) is 60.4 Å². The molecule has 0 bridgehead atoms. The van der Waals surface area contributed by atoms with Crippen LogP contribution in [0.2, 0.25) is 0 Å². The van der Waals surface area contributed by atoms with Crippen molar-refractivity contribution in [3.05, 3.63) is 173 Å². The Morgan fingerprint density at radius 1 is 0.565 bits per heavy atom. The quantitative estimate of drug-likeness (QED) is 0.165. The van der Waals surface area contributed by atoms with Crippen LogP contribution in [0.5, 0.6) is 0 Å². The van der Waals surface area contributed by atoms with Gasteiger partial charge >= 0.3 is 0 Å². The van der Waals surface area contributed by atoms with E-state index < -0.39 is 0 Å². The van der Waals surface area contributed by atoms with Crippen molar-refractivity contribution in [2.24, 2.45) is 0 Å². The summed E-state index contributed by atoms with van der Waals surface area (Å²) in [7, 11) is 0. The Hall–Kier alpha value is -6.76. The predicted molar refractivity (Wildman–Crippen MR) is 296 cm³/mol. The first-order valence-electron chi connectivity index (χ1n) is 25.1. The SMILES string of the molecule is Cc1cc2c3c(c1)N(c1cccc4oc5ccccc5c14)c1ccc(C(C)(C)C)cc1B3c1ccc(N3c4cc(C)cc(C)c4C4(C)CCCCC34C)cc1N2c1cccc2c1sc1ccccc12. The Morgan fingerprint density at radius 2 is 1.25 bits per heavy atom. The Kier molecular flexibility index (Phi) is 8.47. The maximum atomic E-state index is 6.61. The zero-order chi connectivity index (χ0) is 46.9. The average molecular weight is 914 g/mol. The van der Waals surface area contributed by atoms with Crippen LogP contribution in [0.4, 0.5) is 45.5 Å². The number of anilines is 8. The van der Waals surface area contributed by atoms with Crippen LogP contribution in [0, 0.1) is 20.8 Å². The Morgan fingerprint density at radius 3 is 2.07 bits per heavy atom. The third-order valence-electron chi connectivity index (χ3n) is 17.1. The van der Waals surface area contributed by atoms with Gasteiger partial charge in [0.1, 0.15) is 11.2 Å². The highest BCUT2D eigenvalue weighted by atomic mass is 32.1. The van der Waals surface area contributed by atoms with Crippen molar-refractivity contribution in [2.45, 2.75) is 97.4 Å². The standard InChI is InChI=1S/C63H56BN3OS/c1-37-31-39(3)58-51(32-37)67(63(8)30-14-13-29-62(58,63)7)41-26-27-45-50(36-41)66(49-21-15-19-43-42-17-10-12-24-56(42)69-60(43)49)53-34-38(2)33-52-59(53)64(45)46-35-40(61(4,5)6)25-28-47(46)65(52)48-20-16-23-55-57(48)44-18-9-11-22-54(44)68-55/h9-12,15-28,31-36H,13-14,29-30H2,1-8H3. The summed E-state index contributed by atoms with van der Waals surface area (Å²) < 4.78 is 9.23. The fourth-order valence-electron chi connectivity index (χ4n) is 13.9. The van der Waals surface area contributed by atoms with Crippen molar-refractivity contribution in [1.29, 1.82) is 0 Å². The number of furan rings is 1. The highest BCUT2D eigenvalue weighted by Gasteiger charge is 2.58. The summed E-state index contributed by atoms with van der Waals surface area (Å²) in [5, 5.41) is 4.89. The molecular formula is C63H56BN3OS. The molecule has 2 atom stereocenters. The van der Waals surface area contributed by atoms with E-state index in [1.54, 1.807) is 5.56 Å². The number of aryl methyl sites for hydroxylation is 3. The van der Waals surface area contributed by atoms with Crippen LogP contribution < -0.4 is 31.1 Å². The molecule has 10 aromatic rings. The minimum atomic E-state index is -0.0785. The third kappa shape index (κ3) is 5.53. The molecule has 0 spiro atoms. The van der Waals surface area contributed by atoms with Crippen molar-refractivity contribution in [3.8, 4) is 0 Å². The third-order valence-corrected chi connectivity index (χ3v) is 18.3. The van der Waals surface area contributed by atoms with Gasteiger partial charge in [-0.05, 0) is 157 Å². The summed E-state index contributed by atoms with van der Waals surface area (Å²) >= 11 is 1.92. The second-order valence-corrected chi connectivity index (χ2v) is 23.3. The van der Waals surface area contributed by atoms with E-state index in [0.29, 0.717) is 0 Å². The number of thiophene rings is 1. The van der Waals surface area contributed by atoms with Gasteiger partial charge in [0.2, 0.25) is 0 Å². The maximum absolute atomic E-state index is 6.61.